The lowest BCUT2D eigenvalue weighted by atomic mass is 10.1. The highest BCUT2D eigenvalue weighted by molar-refractivity contribution is 5.89. The molecule has 0 aliphatic carbocycles. The molecule has 0 fully saturated rings. The van der Waals surface area contributed by atoms with Crippen LogP contribution in [0.1, 0.15) is 28.5 Å². The van der Waals surface area contributed by atoms with Crippen molar-refractivity contribution < 1.29 is 9.53 Å². The third kappa shape index (κ3) is 3.59. The van der Waals surface area contributed by atoms with Crippen molar-refractivity contribution >= 4 is 11.8 Å². The van der Waals surface area contributed by atoms with Gasteiger partial charge in [-0.2, -0.15) is 0 Å². The SMILES string of the molecule is CCOC(=O)c1ccc(C#Cc2cccc(N)n2)cc1. The van der Waals surface area contributed by atoms with Crippen LogP contribution < -0.4 is 5.73 Å². The van der Waals surface area contributed by atoms with E-state index in [0.717, 1.165) is 5.56 Å². The number of benzene rings is 1. The molecule has 0 radical (unpaired) electrons. The van der Waals surface area contributed by atoms with Crippen LogP contribution in [0.25, 0.3) is 0 Å². The number of hydrogen-bond acceptors (Lipinski definition) is 4. The van der Waals surface area contributed by atoms with Gasteiger partial charge < -0.3 is 10.5 Å². The summed E-state index contributed by atoms with van der Waals surface area (Å²) in [7, 11) is 0. The first-order valence-corrected chi connectivity index (χ1v) is 6.21. The fraction of sp³-hybridized carbons (Fsp3) is 0.125. The summed E-state index contributed by atoms with van der Waals surface area (Å²) in [6.45, 7) is 2.14. The lowest BCUT2D eigenvalue weighted by Crippen LogP contribution is -2.04. The van der Waals surface area contributed by atoms with Gasteiger partial charge in [0, 0.05) is 5.56 Å². The number of carbonyl (C=O) groups is 1. The van der Waals surface area contributed by atoms with E-state index >= 15 is 0 Å². The highest BCUT2D eigenvalue weighted by Gasteiger charge is 2.04. The minimum absolute atomic E-state index is 0.329. The zero-order chi connectivity index (χ0) is 14.4. The first kappa shape index (κ1) is 13.6. The largest absolute Gasteiger partial charge is 0.462 e. The molecule has 1 aromatic carbocycles. The molecule has 20 heavy (non-hydrogen) atoms. The van der Waals surface area contributed by atoms with Gasteiger partial charge in [-0.1, -0.05) is 12.0 Å². The molecule has 4 heteroatoms. The molecule has 0 saturated carbocycles. The molecule has 0 atom stereocenters. The number of anilines is 1. The predicted molar refractivity (Wildman–Crippen MR) is 77.0 cm³/mol. The van der Waals surface area contributed by atoms with E-state index < -0.39 is 0 Å². The first-order chi connectivity index (χ1) is 9.69. The lowest BCUT2D eigenvalue weighted by molar-refractivity contribution is 0.0526. The molecule has 0 unspecified atom stereocenters. The standard InChI is InChI=1S/C16H14N2O2/c1-2-20-16(19)13-9-6-12(7-10-13)8-11-14-4-3-5-15(17)18-14/h3-7,9-10H,2H2,1H3,(H2,17,18). The maximum absolute atomic E-state index is 11.5. The van der Waals surface area contributed by atoms with Gasteiger partial charge in [-0.05, 0) is 49.2 Å². The van der Waals surface area contributed by atoms with Crippen molar-refractivity contribution in [2.45, 2.75) is 6.92 Å². The maximum Gasteiger partial charge on any atom is 0.338 e. The van der Waals surface area contributed by atoms with Crippen LogP contribution in [0.4, 0.5) is 5.82 Å². The minimum atomic E-state index is -0.329. The monoisotopic (exact) mass is 266 g/mol. The Morgan fingerprint density at radius 3 is 2.60 bits per heavy atom. The number of rotatable bonds is 2. The van der Waals surface area contributed by atoms with Crippen molar-refractivity contribution in [2.24, 2.45) is 0 Å². The van der Waals surface area contributed by atoms with Crippen molar-refractivity contribution in [3.63, 3.8) is 0 Å². The summed E-state index contributed by atoms with van der Waals surface area (Å²) in [5, 5.41) is 0. The Kier molecular flexibility index (Phi) is 4.35. The fourth-order valence-corrected chi connectivity index (χ4v) is 1.56. The van der Waals surface area contributed by atoms with Gasteiger partial charge in [-0.3, -0.25) is 0 Å². The molecule has 0 spiro atoms. The van der Waals surface area contributed by atoms with Gasteiger partial charge in [-0.15, -0.1) is 0 Å². The highest BCUT2D eigenvalue weighted by atomic mass is 16.5. The van der Waals surface area contributed by atoms with E-state index in [4.69, 9.17) is 10.5 Å². The number of carbonyl (C=O) groups excluding carboxylic acids is 1. The molecule has 0 aliphatic heterocycles. The Balaban J connectivity index is 2.14. The molecule has 2 aromatic rings. The number of hydrogen-bond donors (Lipinski definition) is 1. The third-order valence-corrected chi connectivity index (χ3v) is 2.50. The molecular weight excluding hydrogens is 252 g/mol. The summed E-state index contributed by atoms with van der Waals surface area (Å²) in [6.07, 6.45) is 0. The van der Waals surface area contributed by atoms with Crippen LogP contribution in [0.5, 0.6) is 0 Å². The van der Waals surface area contributed by atoms with Gasteiger partial charge in [0.1, 0.15) is 11.5 Å². The average Bonchev–Trinajstić information content (AvgIpc) is 2.46. The zero-order valence-electron chi connectivity index (χ0n) is 11.1. The summed E-state index contributed by atoms with van der Waals surface area (Å²) < 4.78 is 4.91. The van der Waals surface area contributed by atoms with Crippen LogP contribution in [-0.4, -0.2) is 17.6 Å². The van der Waals surface area contributed by atoms with Gasteiger partial charge in [-0.25, -0.2) is 9.78 Å². The third-order valence-electron chi connectivity index (χ3n) is 2.50. The molecule has 1 heterocycles. The van der Waals surface area contributed by atoms with Crippen LogP contribution in [0, 0.1) is 11.8 Å². The second-order valence-corrected chi connectivity index (χ2v) is 4.00. The lowest BCUT2D eigenvalue weighted by Gasteiger charge is -2.00. The topological polar surface area (TPSA) is 65.2 Å². The number of nitrogens with two attached hydrogens (primary N) is 1. The van der Waals surface area contributed by atoms with Crippen LogP contribution in [0.2, 0.25) is 0 Å². The van der Waals surface area contributed by atoms with Crippen molar-refractivity contribution in [1.82, 2.24) is 4.98 Å². The molecule has 2 N–H and O–H groups in total. The normalized spacial score (nSPS) is 9.45. The Morgan fingerprint density at radius 1 is 1.20 bits per heavy atom. The van der Waals surface area contributed by atoms with E-state index in [-0.39, 0.29) is 5.97 Å². The van der Waals surface area contributed by atoms with Gasteiger partial charge in [0.25, 0.3) is 0 Å². The maximum atomic E-state index is 11.5. The molecule has 0 amide bonds. The second kappa shape index (κ2) is 6.39. The summed E-state index contributed by atoms with van der Waals surface area (Å²) in [6, 6.07) is 12.2. The Hall–Kier alpha value is -2.80. The number of ether oxygens (including phenoxy) is 1. The summed E-state index contributed by atoms with van der Waals surface area (Å²) >= 11 is 0. The number of pyridine rings is 1. The first-order valence-electron chi connectivity index (χ1n) is 6.21. The zero-order valence-corrected chi connectivity index (χ0v) is 11.1. The molecule has 100 valence electrons. The smallest absolute Gasteiger partial charge is 0.338 e. The Bertz CT molecular complexity index is 667. The van der Waals surface area contributed by atoms with Crippen molar-refractivity contribution in [3.05, 3.63) is 59.3 Å². The molecule has 2 rings (SSSR count). The Labute approximate surface area is 117 Å². The van der Waals surface area contributed by atoms with Gasteiger partial charge >= 0.3 is 5.97 Å². The highest BCUT2D eigenvalue weighted by Crippen LogP contribution is 2.06. The van der Waals surface area contributed by atoms with Gasteiger partial charge in [0.15, 0.2) is 0 Å². The number of aromatic nitrogens is 1. The fourth-order valence-electron chi connectivity index (χ4n) is 1.56. The number of nitrogen functional groups attached to an aromatic ring is 1. The summed E-state index contributed by atoms with van der Waals surface area (Å²) in [5.41, 5.74) is 7.50. The van der Waals surface area contributed by atoms with Crippen LogP contribution in [0.3, 0.4) is 0 Å². The Morgan fingerprint density at radius 2 is 1.95 bits per heavy atom. The van der Waals surface area contributed by atoms with E-state index in [1.165, 1.54) is 0 Å². The summed E-state index contributed by atoms with van der Waals surface area (Å²) in [4.78, 5) is 15.6. The van der Waals surface area contributed by atoms with E-state index in [1.807, 2.05) is 0 Å². The van der Waals surface area contributed by atoms with E-state index in [1.54, 1.807) is 49.4 Å². The van der Waals surface area contributed by atoms with Crippen molar-refractivity contribution in [1.29, 1.82) is 0 Å². The molecular formula is C16H14N2O2. The van der Waals surface area contributed by atoms with Crippen LogP contribution >= 0.6 is 0 Å². The quantitative estimate of drug-likeness (QED) is 0.668. The van der Waals surface area contributed by atoms with Crippen LogP contribution in [0.15, 0.2) is 42.5 Å². The van der Waals surface area contributed by atoms with Crippen molar-refractivity contribution in [2.75, 3.05) is 12.3 Å². The number of esters is 1. The van der Waals surface area contributed by atoms with E-state index in [9.17, 15) is 4.79 Å². The molecule has 0 aliphatic rings. The van der Waals surface area contributed by atoms with E-state index in [0.29, 0.717) is 23.7 Å². The predicted octanol–water partition coefficient (Wildman–Crippen LogP) is 2.24. The minimum Gasteiger partial charge on any atom is -0.462 e. The van der Waals surface area contributed by atoms with Crippen molar-refractivity contribution in [3.8, 4) is 11.8 Å². The van der Waals surface area contributed by atoms with Gasteiger partial charge in [0.2, 0.25) is 0 Å². The molecule has 4 nitrogen and oxygen atoms in total. The summed E-state index contributed by atoms with van der Waals surface area (Å²) in [5.74, 6) is 5.99. The van der Waals surface area contributed by atoms with E-state index in [2.05, 4.69) is 16.8 Å². The average molecular weight is 266 g/mol. The molecule has 0 bridgehead atoms. The molecule has 0 saturated heterocycles. The van der Waals surface area contributed by atoms with Crippen LogP contribution in [-0.2, 0) is 4.74 Å². The second-order valence-electron chi connectivity index (χ2n) is 4.00. The number of nitrogens with zero attached hydrogens (tertiary/aromatic N) is 1. The van der Waals surface area contributed by atoms with Gasteiger partial charge in [0.05, 0.1) is 12.2 Å². The molecule has 1 aromatic heterocycles.